The second-order valence-electron chi connectivity index (χ2n) is 6.79. The molecular formula is C20H22F3N3O2. The second-order valence-corrected chi connectivity index (χ2v) is 6.79. The first-order valence-corrected chi connectivity index (χ1v) is 9.04. The number of alkyl halides is 3. The molecule has 0 bridgehead atoms. The summed E-state index contributed by atoms with van der Waals surface area (Å²) >= 11 is 0. The summed E-state index contributed by atoms with van der Waals surface area (Å²) in [4.78, 5) is 20.1. The molecule has 0 aliphatic carbocycles. The number of aryl methyl sites for hydroxylation is 1. The molecule has 1 aliphatic rings. The van der Waals surface area contributed by atoms with Gasteiger partial charge in [0.15, 0.2) is 6.10 Å². The summed E-state index contributed by atoms with van der Waals surface area (Å²) in [6.07, 6.45) is -4.17. The smallest absolute Gasteiger partial charge is 0.417 e. The number of halogens is 3. The zero-order chi connectivity index (χ0) is 20.3. The number of aromatic nitrogens is 1. The first-order chi connectivity index (χ1) is 13.2. The van der Waals surface area contributed by atoms with Crippen LogP contribution in [0.25, 0.3) is 0 Å². The molecule has 3 rings (SSSR count). The molecule has 2 aromatic rings. The Hall–Kier alpha value is -2.77. The normalized spacial score (nSPS) is 16.0. The van der Waals surface area contributed by atoms with Crippen molar-refractivity contribution >= 4 is 11.7 Å². The van der Waals surface area contributed by atoms with Gasteiger partial charge in [0.1, 0.15) is 11.6 Å². The standard InChI is InChI=1S/C20H22F3N3O2/c1-14-3-6-17(7-4-14)28-15(2)19(27)26-11-9-25(10-12-26)18-8-5-16(13-24-18)20(21,22)23/h3-8,13,15H,9-12H2,1-2H3. The van der Waals surface area contributed by atoms with Crippen LogP contribution in [-0.4, -0.2) is 48.1 Å². The van der Waals surface area contributed by atoms with Crippen LogP contribution < -0.4 is 9.64 Å². The van der Waals surface area contributed by atoms with Crippen LogP contribution in [0.3, 0.4) is 0 Å². The van der Waals surface area contributed by atoms with Crippen molar-refractivity contribution in [1.82, 2.24) is 9.88 Å². The summed E-state index contributed by atoms with van der Waals surface area (Å²) in [5.41, 5.74) is 0.339. The molecule has 0 spiro atoms. The Morgan fingerprint density at radius 2 is 1.71 bits per heavy atom. The zero-order valence-corrected chi connectivity index (χ0v) is 15.7. The molecule has 1 aromatic carbocycles. The molecule has 150 valence electrons. The third-order valence-corrected chi connectivity index (χ3v) is 4.67. The number of benzene rings is 1. The van der Waals surface area contributed by atoms with E-state index in [0.29, 0.717) is 37.7 Å². The van der Waals surface area contributed by atoms with Crippen molar-refractivity contribution in [2.45, 2.75) is 26.1 Å². The molecule has 8 heteroatoms. The van der Waals surface area contributed by atoms with Crippen LogP contribution in [0, 0.1) is 6.92 Å². The third-order valence-electron chi connectivity index (χ3n) is 4.67. The maximum atomic E-state index is 12.6. The van der Waals surface area contributed by atoms with Crippen molar-refractivity contribution in [3.8, 4) is 5.75 Å². The van der Waals surface area contributed by atoms with E-state index in [-0.39, 0.29) is 5.91 Å². The molecule has 1 fully saturated rings. The highest BCUT2D eigenvalue weighted by atomic mass is 19.4. The topological polar surface area (TPSA) is 45.7 Å². The molecular weight excluding hydrogens is 371 g/mol. The number of rotatable bonds is 4. The van der Waals surface area contributed by atoms with Gasteiger partial charge in [0, 0.05) is 32.4 Å². The van der Waals surface area contributed by atoms with E-state index in [1.807, 2.05) is 36.1 Å². The van der Waals surface area contributed by atoms with Crippen molar-refractivity contribution < 1.29 is 22.7 Å². The Balaban J connectivity index is 1.54. The van der Waals surface area contributed by atoms with Crippen LogP contribution in [-0.2, 0) is 11.0 Å². The minimum Gasteiger partial charge on any atom is -0.481 e. The molecule has 2 heterocycles. The van der Waals surface area contributed by atoms with Gasteiger partial charge in [-0.3, -0.25) is 4.79 Å². The SMILES string of the molecule is Cc1ccc(OC(C)C(=O)N2CCN(c3ccc(C(F)(F)F)cn3)CC2)cc1. The first-order valence-electron chi connectivity index (χ1n) is 9.04. The summed E-state index contributed by atoms with van der Waals surface area (Å²) in [5, 5.41) is 0. The van der Waals surface area contributed by atoms with E-state index in [1.54, 1.807) is 11.8 Å². The number of pyridine rings is 1. The number of piperazine rings is 1. The predicted octanol–water partition coefficient (Wildman–Crippen LogP) is 3.52. The number of carbonyl (C=O) groups excluding carboxylic acids is 1. The summed E-state index contributed by atoms with van der Waals surface area (Å²) in [6, 6.07) is 9.88. The van der Waals surface area contributed by atoms with Gasteiger partial charge < -0.3 is 14.5 Å². The zero-order valence-electron chi connectivity index (χ0n) is 15.7. The van der Waals surface area contributed by atoms with Crippen molar-refractivity contribution in [2.24, 2.45) is 0 Å². The molecule has 1 aromatic heterocycles. The largest absolute Gasteiger partial charge is 0.481 e. The van der Waals surface area contributed by atoms with Crippen LogP contribution >= 0.6 is 0 Å². The quantitative estimate of drug-likeness (QED) is 0.797. The van der Waals surface area contributed by atoms with E-state index in [2.05, 4.69) is 4.98 Å². The Morgan fingerprint density at radius 3 is 2.25 bits per heavy atom. The fourth-order valence-electron chi connectivity index (χ4n) is 3.03. The number of amides is 1. The summed E-state index contributed by atoms with van der Waals surface area (Å²) in [7, 11) is 0. The summed E-state index contributed by atoms with van der Waals surface area (Å²) in [6.45, 7) is 5.62. The van der Waals surface area contributed by atoms with Crippen molar-refractivity contribution in [3.63, 3.8) is 0 Å². The number of hydrogen-bond acceptors (Lipinski definition) is 4. The lowest BCUT2D eigenvalue weighted by molar-refractivity contribution is -0.138. The summed E-state index contributed by atoms with van der Waals surface area (Å²) < 4.78 is 43.6. The van der Waals surface area contributed by atoms with E-state index in [0.717, 1.165) is 17.8 Å². The van der Waals surface area contributed by atoms with Crippen molar-refractivity contribution in [2.75, 3.05) is 31.1 Å². The second kappa shape index (κ2) is 8.08. The minimum absolute atomic E-state index is 0.111. The van der Waals surface area contributed by atoms with Gasteiger partial charge in [0.25, 0.3) is 5.91 Å². The average molecular weight is 393 g/mol. The van der Waals surface area contributed by atoms with E-state index in [9.17, 15) is 18.0 Å². The van der Waals surface area contributed by atoms with Crippen LogP contribution in [0.1, 0.15) is 18.1 Å². The Kier molecular flexibility index (Phi) is 5.76. The number of carbonyl (C=O) groups is 1. The highest BCUT2D eigenvalue weighted by Gasteiger charge is 2.31. The van der Waals surface area contributed by atoms with Crippen LogP contribution in [0.5, 0.6) is 5.75 Å². The lowest BCUT2D eigenvalue weighted by Gasteiger charge is -2.36. The Morgan fingerprint density at radius 1 is 1.07 bits per heavy atom. The van der Waals surface area contributed by atoms with Crippen LogP contribution in [0.4, 0.5) is 19.0 Å². The van der Waals surface area contributed by atoms with Crippen molar-refractivity contribution in [3.05, 3.63) is 53.7 Å². The maximum Gasteiger partial charge on any atom is 0.417 e. The van der Waals surface area contributed by atoms with Gasteiger partial charge in [-0.2, -0.15) is 13.2 Å². The molecule has 0 N–H and O–H groups in total. The monoisotopic (exact) mass is 393 g/mol. The fourth-order valence-corrected chi connectivity index (χ4v) is 3.03. The van der Waals surface area contributed by atoms with Gasteiger partial charge in [-0.15, -0.1) is 0 Å². The molecule has 0 radical (unpaired) electrons. The van der Waals surface area contributed by atoms with Crippen LogP contribution in [0.15, 0.2) is 42.6 Å². The lowest BCUT2D eigenvalue weighted by Crippen LogP contribution is -2.52. The molecule has 1 atom stereocenters. The van der Waals surface area contributed by atoms with Crippen molar-refractivity contribution in [1.29, 1.82) is 0 Å². The maximum absolute atomic E-state index is 12.6. The van der Waals surface area contributed by atoms with E-state index in [4.69, 9.17) is 4.74 Å². The molecule has 1 amide bonds. The van der Waals surface area contributed by atoms with Gasteiger partial charge in [-0.1, -0.05) is 17.7 Å². The van der Waals surface area contributed by atoms with Gasteiger partial charge >= 0.3 is 6.18 Å². The molecule has 1 unspecified atom stereocenters. The van der Waals surface area contributed by atoms with Gasteiger partial charge in [0.05, 0.1) is 5.56 Å². The van der Waals surface area contributed by atoms with Gasteiger partial charge in [-0.25, -0.2) is 4.98 Å². The van der Waals surface area contributed by atoms with Gasteiger partial charge in [-0.05, 0) is 38.1 Å². The number of hydrogen-bond donors (Lipinski definition) is 0. The number of anilines is 1. The Bertz CT molecular complexity index is 799. The fraction of sp³-hybridized carbons (Fsp3) is 0.400. The average Bonchev–Trinajstić information content (AvgIpc) is 2.69. The molecule has 1 saturated heterocycles. The molecule has 5 nitrogen and oxygen atoms in total. The van der Waals surface area contributed by atoms with E-state index in [1.165, 1.54) is 6.07 Å². The number of ether oxygens (including phenoxy) is 1. The minimum atomic E-state index is -4.40. The highest BCUT2D eigenvalue weighted by Crippen LogP contribution is 2.29. The van der Waals surface area contributed by atoms with E-state index >= 15 is 0 Å². The molecule has 0 saturated carbocycles. The van der Waals surface area contributed by atoms with Crippen LogP contribution in [0.2, 0.25) is 0 Å². The lowest BCUT2D eigenvalue weighted by atomic mass is 10.2. The third kappa shape index (κ3) is 4.74. The first kappa shape index (κ1) is 20.0. The molecule has 1 aliphatic heterocycles. The molecule has 28 heavy (non-hydrogen) atoms. The predicted molar refractivity (Wildman–Crippen MR) is 99.3 cm³/mol. The summed E-state index contributed by atoms with van der Waals surface area (Å²) in [5.74, 6) is 1.00. The highest BCUT2D eigenvalue weighted by molar-refractivity contribution is 5.81. The number of nitrogens with zero attached hydrogens (tertiary/aromatic N) is 3. The van der Waals surface area contributed by atoms with E-state index < -0.39 is 17.8 Å². The Labute approximate surface area is 161 Å². The van der Waals surface area contributed by atoms with Gasteiger partial charge in [0.2, 0.25) is 0 Å².